The number of hydrogen-bond acceptors (Lipinski definition) is 4. The minimum Gasteiger partial charge on any atom is -0.463 e. The number of aromatic nitrogens is 2. The minimum atomic E-state index is -4.55. The molecule has 1 N–H and O–H groups in total. The van der Waals surface area contributed by atoms with Crippen LogP contribution in [0.3, 0.4) is 0 Å². The van der Waals surface area contributed by atoms with Gasteiger partial charge in [-0.25, -0.2) is 0 Å². The standard InChI is InChI=1S/C20H22F3N3O2/c1-12-8-13(2)10-15(9-12)24-18(27)4-3-7-28-19-25-16(14-5-6-14)11-17(26-19)20(21,22)23/h8-11,14H,3-7H2,1-2H3,(H,24,27). The SMILES string of the molecule is Cc1cc(C)cc(NC(=O)CCCOc2nc(C3CC3)cc(C(F)(F)F)n2)c1. The second-order valence-electron chi connectivity index (χ2n) is 7.11. The van der Waals surface area contributed by atoms with Crippen molar-refractivity contribution in [3.05, 3.63) is 46.8 Å². The molecule has 5 nitrogen and oxygen atoms in total. The zero-order chi connectivity index (χ0) is 20.3. The number of carbonyl (C=O) groups is 1. The van der Waals surface area contributed by atoms with Gasteiger partial charge in [0.05, 0.1) is 12.3 Å². The van der Waals surface area contributed by atoms with Gasteiger partial charge in [0, 0.05) is 18.0 Å². The lowest BCUT2D eigenvalue weighted by Gasteiger charge is -2.11. The smallest absolute Gasteiger partial charge is 0.433 e. The van der Waals surface area contributed by atoms with E-state index in [9.17, 15) is 18.0 Å². The first-order valence-electron chi connectivity index (χ1n) is 9.18. The molecule has 8 heteroatoms. The summed E-state index contributed by atoms with van der Waals surface area (Å²) in [6, 6.07) is 6.46. The predicted octanol–water partition coefficient (Wildman–Crippen LogP) is 4.79. The van der Waals surface area contributed by atoms with Crippen molar-refractivity contribution >= 4 is 11.6 Å². The van der Waals surface area contributed by atoms with Gasteiger partial charge in [0.25, 0.3) is 0 Å². The van der Waals surface area contributed by atoms with Crippen LogP contribution in [-0.2, 0) is 11.0 Å². The number of halogens is 3. The van der Waals surface area contributed by atoms with Crippen LogP contribution in [0, 0.1) is 13.8 Å². The molecule has 0 unspecified atom stereocenters. The van der Waals surface area contributed by atoms with Crippen LogP contribution in [-0.4, -0.2) is 22.5 Å². The van der Waals surface area contributed by atoms with Gasteiger partial charge in [0.1, 0.15) is 0 Å². The fourth-order valence-electron chi connectivity index (χ4n) is 2.91. The molecule has 28 heavy (non-hydrogen) atoms. The van der Waals surface area contributed by atoms with Crippen LogP contribution in [0.2, 0.25) is 0 Å². The molecule has 1 aliphatic rings. The van der Waals surface area contributed by atoms with Gasteiger partial charge in [0.15, 0.2) is 5.69 Å². The average Bonchev–Trinajstić information content (AvgIpc) is 3.42. The maximum atomic E-state index is 13.0. The lowest BCUT2D eigenvalue weighted by atomic mass is 10.1. The molecule has 1 aliphatic carbocycles. The highest BCUT2D eigenvalue weighted by Crippen LogP contribution is 2.41. The van der Waals surface area contributed by atoms with Crippen LogP contribution < -0.4 is 10.1 Å². The summed E-state index contributed by atoms with van der Waals surface area (Å²) < 4.78 is 44.3. The van der Waals surface area contributed by atoms with Crippen LogP contribution in [0.1, 0.15) is 54.1 Å². The normalized spacial score (nSPS) is 14.0. The van der Waals surface area contributed by atoms with Crippen LogP contribution in [0.4, 0.5) is 18.9 Å². The molecular weight excluding hydrogens is 371 g/mol. The molecule has 1 fully saturated rings. The van der Waals surface area contributed by atoms with Crippen molar-refractivity contribution < 1.29 is 22.7 Å². The molecular formula is C20H22F3N3O2. The van der Waals surface area contributed by atoms with Crippen molar-refractivity contribution in [3.8, 4) is 6.01 Å². The Bertz CT molecular complexity index is 844. The third-order valence-corrected chi connectivity index (χ3v) is 4.30. The number of carbonyl (C=O) groups excluding carboxylic acids is 1. The van der Waals surface area contributed by atoms with Crippen molar-refractivity contribution in [1.29, 1.82) is 0 Å². The van der Waals surface area contributed by atoms with Crippen molar-refractivity contribution in [3.63, 3.8) is 0 Å². The molecule has 0 radical (unpaired) electrons. The molecule has 0 aliphatic heterocycles. The van der Waals surface area contributed by atoms with Gasteiger partial charge in [-0.3, -0.25) is 4.79 Å². The Balaban J connectivity index is 1.52. The van der Waals surface area contributed by atoms with E-state index in [0.717, 1.165) is 35.7 Å². The summed E-state index contributed by atoms with van der Waals surface area (Å²) in [5.74, 6) is -0.132. The fourth-order valence-corrected chi connectivity index (χ4v) is 2.91. The van der Waals surface area contributed by atoms with E-state index in [2.05, 4.69) is 15.3 Å². The lowest BCUT2D eigenvalue weighted by Crippen LogP contribution is -2.14. The van der Waals surface area contributed by atoms with Gasteiger partial charge in [-0.05, 0) is 62.4 Å². The molecule has 1 aromatic carbocycles. The van der Waals surface area contributed by atoms with Gasteiger partial charge in [-0.1, -0.05) is 6.07 Å². The molecule has 1 heterocycles. The maximum absolute atomic E-state index is 13.0. The van der Waals surface area contributed by atoms with E-state index in [1.54, 1.807) is 0 Å². The van der Waals surface area contributed by atoms with Crippen molar-refractivity contribution in [2.24, 2.45) is 0 Å². The Hall–Kier alpha value is -2.64. The molecule has 0 atom stereocenters. The van der Waals surface area contributed by atoms with E-state index >= 15 is 0 Å². The van der Waals surface area contributed by atoms with E-state index < -0.39 is 11.9 Å². The average molecular weight is 393 g/mol. The third-order valence-electron chi connectivity index (χ3n) is 4.30. The van der Waals surface area contributed by atoms with Crippen LogP contribution in [0.15, 0.2) is 24.3 Å². The number of nitrogens with zero attached hydrogens (tertiary/aromatic N) is 2. The van der Waals surface area contributed by atoms with E-state index in [4.69, 9.17) is 4.74 Å². The van der Waals surface area contributed by atoms with Gasteiger partial charge in [0.2, 0.25) is 5.91 Å². The first kappa shape index (κ1) is 20.1. The van der Waals surface area contributed by atoms with Gasteiger partial charge in [-0.2, -0.15) is 23.1 Å². The van der Waals surface area contributed by atoms with Crippen LogP contribution >= 0.6 is 0 Å². The number of benzene rings is 1. The number of ether oxygens (including phenoxy) is 1. The fraction of sp³-hybridized carbons (Fsp3) is 0.450. The molecule has 1 aromatic heterocycles. The topological polar surface area (TPSA) is 64.1 Å². The summed E-state index contributed by atoms with van der Waals surface area (Å²) in [5.41, 5.74) is 2.19. The monoisotopic (exact) mass is 393 g/mol. The van der Waals surface area contributed by atoms with Crippen LogP contribution in [0.5, 0.6) is 6.01 Å². The van der Waals surface area contributed by atoms with Gasteiger partial charge in [-0.15, -0.1) is 0 Å². The Morgan fingerprint density at radius 1 is 1.14 bits per heavy atom. The summed E-state index contributed by atoms with van der Waals surface area (Å²) in [7, 11) is 0. The number of nitrogens with one attached hydrogen (secondary N) is 1. The lowest BCUT2D eigenvalue weighted by molar-refractivity contribution is -0.141. The first-order valence-corrected chi connectivity index (χ1v) is 9.18. The summed E-state index contributed by atoms with van der Waals surface area (Å²) in [6.07, 6.45) is -2.37. The first-order chi connectivity index (χ1) is 13.2. The van der Waals surface area contributed by atoms with Crippen molar-refractivity contribution in [2.75, 3.05) is 11.9 Å². The highest BCUT2D eigenvalue weighted by molar-refractivity contribution is 5.90. The zero-order valence-electron chi connectivity index (χ0n) is 15.8. The number of amides is 1. The molecule has 0 bridgehead atoms. The number of anilines is 1. The summed E-state index contributed by atoms with van der Waals surface area (Å²) >= 11 is 0. The molecule has 1 saturated carbocycles. The number of hydrogen-bond donors (Lipinski definition) is 1. The van der Waals surface area contributed by atoms with E-state index in [1.165, 1.54) is 0 Å². The largest absolute Gasteiger partial charge is 0.463 e. The second-order valence-corrected chi connectivity index (χ2v) is 7.11. The van der Waals surface area contributed by atoms with E-state index in [1.807, 2.05) is 32.0 Å². The Labute approximate surface area is 161 Å². The third kappa shape index (κ3) is 5.68. The van der Waals surface area contributed by atoms with Crippen molar-refractivity contribution in [2.45, 2.75) is 51.6 Å². The van der Waals surface area contributed by atoms with E-state index in [-0.39, 0.29) is 30.9 Å². The predicted molar refractivity (Wildman–Crippen MR) is 98.3 cm³/mol. The number of alkyl halides is 3. The van der Waals surface area contributed by atoms with Gasteiger partial charge < -0.3 is 10.1 Å². The summed E-state index contributed by atoms with van der Waals surface area (Å²) in [4.78, 5) is 19.6. The molecule has 3 rings (SSSR count). The number of aryl methyl sites for hydroxylation is 2. The highest BCUT2D eigenvalue weighted by atomic mass is 19.4. The molecule has 150 valence electrons. The Morgan fingerprint density at radius 2 is 1.82 bits per heavy atom. The second kappa shape index (κ2) is 8.16. The zero-order valence-corrected chi connectivity index (χ0v) is 15.8. The Kier molecular flexibility index (Phi) is 5.86. The molecule has 0 saturated heterocycles. The quantitative estimate of drug-likeness (QED) is 0.687. The summed E-state index contributed by atoms with van der Waals surface area (Å²) in [5, 5.41) is 2.81. The van der Waals surface area contributed by atoms with Crippen LogP contribution in [0.25, 0.3) is 0 Å². The maximum Gasteiger partial charge on any atom is 0.433 e. The van der Waals surface area contributed by atoms with Crippen molar-refractivity contribution in [1.82, 2.24) is 9.97 Å². The molecule has 0 spiro atoms. The molecule has 1 amide bonds. The Morgan fingerprint density at radius 3 is 2.43 bits per heavy atom. The van der Waals surface area contributed by atoms with E-state index in [0.29, 0.717) is 12.1 Å². The minimum absolute atomic E-state index is 0.0509. The van der Waals surface area contributed by atoms with Gasteiger partial charge >= 0.3 is 12.2 Å². The summed E-state index contributed by atoms with van der Waals surface area (Å²) in [6.45, 7) is 3.95. The molecule has 2 aromatic rings. The number of rotatable bonds is 7. The highest BCUT2D eigenvalue weighted by Gasteiger charge is 2.36.